The van der Waals surface area contributed by atoms with Crippen LogP contribution in [0.2, 0.25) is 0 Å². The van der Waals surface area contributed by atoms with Crippen LogP contribution in [-0.2, 0) is 11.2 Å². The fourth-order valence-electron chi connectivity index (χ4n) is 2.93. The molecule has 2 rings (SSSR count). The number of aliphatic imine (C=N–C) groups is 1. The summed E-state index contributed by atoms with van der Waals surface area (Å²) in [6.45, 7) is 5.23. The molecule has 24 heavy (non-hydrogen) atoms. The van der Waals surface area contributed by atoms with Crippen LogP contribution in [0.3, 0.4) is 0 Å². The Labute approximate surface area is 145 Å². The molecule has 1 atom stereocenters. The van der Waals surface area contributed by atoms with E-state index in [1.807, 2.05) is 0 Å². The van der Waals surface area contributed by atoms with Crippen molar-refractivity contribution in [2.75, 3.05) is 40.3 Å². The first-order valence-corrected chi connectivity index (χ1v) is 8.87. The molecule has 0 bridgehead atoms. The van der Waals surface area contributed by atoms with Crippen LogP contribution in [0.25, 0.3) is 0 Å². The minimum absolute atomic E-state index is 0.0332. The van der Waals surface area contributed by atoms with Gasteiger partial charge in [-0.2, -0.15) is 0 Å². The lowest BCUT2D eigenvalue weighted by molar-refractivity contribution is -0.127. The van der Waals surface area contributed by atoms with Crippen molar-refractivity contribution in [1.29, 1.82) is 0 Å². The second kappa shape index (κ2) is 9.30. The number of nitrogens with zero attached hydrogens (tertiary/aromatic N) is 3. The van der Waals surface area contributed by atoms with E-state index >= 15 is 0 Å². The lowest BCUT2D eigenvalue weighted by atomic mass is 9.99. The first kappa shape index (κ1) is 18.3. The first-order chi connectivity index (χ1) is 11.6. The Kier molecular flexibility index (Phi) is 7.09. The third-order valence-corrected chi connectivity index (χ3v) is 4.35. The highest BCUT2D eigenvalue weighted by Gasteiger charge is 2.25. The van der Waals surface area contributed by atoms with Crippen LogP contribution in [0, 0.1) is 5.92 Å². The second-order valence-corrected chi connectivity index (χ2v) is 6.65. The van der Waals surface area contributed by atoms with Crippen LogP contribution < -0.4 is 5.32 Å². The van der Waals surface area contributed by atoms with Gasteiger partial charge in [-0.25, -0.2) is 4.99 Å². The maximum absolute atomic E-state index is 11.8. The fraction of sp³-hybridized carbons (Fsp3) is 0.579. The van der Waals surface area contributed by atoms with E-state index in [2.05, 4.69) is 52.5 Å². The number of likely N-dealkylation sites (N-methyl/N-ethyl adjacent to an activating group) is 1. The summed E-state index contributed by atoms with van der Waals surface area (Å²) < 4.78 is 0. The van der Waals surface area contributed by atoms with E-state index < -0.39 is 0 Å². The van der Waals surface area contributed by atoms with Crippen molar-refractivity contribution in [3.05, 3.63) is 35.9 Å². The molecule has 0 aliphatic carbocycles. The van der Waals surface area contributed by atoms with Crippen LogP contribution in [-0.4, -0.2) is 61.9 Å². The molecule has 5 nitrogen and oxygen atoms in total. The number of hydrogen-bond acceptors (Lipinski definition) is 2. The monoisotopic (exact) mass is 330 g/mol. The van der Waals surface area contributed by atoms with E-state index in [4.69, 9.17) is 0 Å². The van der Waals surface area contributed by atoms with E-state index in [-0.39, 0.29) is 12.5 Å². The van der Waals surface area contributed by atoms with Gasteiger partial charge in [-0.3, -0.25) is 4.79 Å². The number of guanidine groups is 1. The summed E-state index contributed by atoms with van der Waals surface area (Å²) in [5.74, 6) is 1.55. The zero-order valence-electron chi connectivity index (χ0n) is 15.2. The van der Waals surface area contributed by atoms with Crippen molar-refractivity contribution >= 4 is 11.9 Å². The van der Waals surface area contributed by atoms with Crippen molar-refractivity contribution < 1.29 is 4.79 Å². The summed E-state index contributed by atoms with van der Waals surface area (Å²) in [4.78, 5) is 20.2. The Morgan fingerprint density at radius 1 is 1.33 bits per heavy atom. The molecule has 1 fully saturated rings. The summed E-state index contributed by atoms with van der Waals surface area (Å²) in [5.41, 5.74) is 1.40. The zero-order valence-corrected chi connectivity index (χ0v) is 15.2. The molecule has 1 aliphatic heterocycles. The molecule has 1 unspecified atom stereocenters. The van der Waals surface area contributed by atoms with Crippen molar-refractivity contribution in [1.82, 2.24) is 15.1 Å². The Hall–Kier alpha value is -2.04. The van der Waals surface area contributed by atoms with Gasteiger partial charge in [0.15, 0.2) is 5.96 Å². The van der Waals surface area contributed by atoms with E-state index in [0.717, 1.165) is 38.4 Å². The molecule has 0 aromatic heterocycles. The maximum atomic E-state index is 11.8. The Morgan fingerprint density at radius 2 is 2.08 bits per heavy atom. The van der Waals surface area contributed by atoms with Crippen LogP contribution in [0.15, 0.2) is 35.3 Å². The van der Waals surface area contributed by atoms with Gasteiger partial charge in [0, 0.05) is 33.7 Å². The van der Waals surface area contributed by atoms with Crippen molar-refractivity contribution in [3.8, 4) is 0 Å². The van der Waals surface area contributed by atoms with Crippen LogP contribution in [0.5, 0.6) is 0 Å². The summed E-state index contributed by atoms with van der Waals surface area (Å²) in [7, 11) is 3.53. The molecule has 1 amide bonds. The molecule has 1 N–H and O–H groups in total. The van der Waals surface area contributed by atoms with Gasteiger partial charge in [0.25, 0.3) is 0 Å². The lowest BCUT2D eigenvalue weighted by Crippen LogP contribution is -2.41. The number of rotatable bonds is 6. The van der Waals surface area contributed by atoms with E-state index in [9.17, 15) is 4.79 Å². The summed E-state index contributed by atoms with van der Waals surface area (Å²) in [6.07, 6.45) is 3.32. The standard InChI is InChI=1S/C19H30N4O/c1-4-11-20-19(21-14-18(24)22(2)3)23-12-10-17(15-23)13-16-8-6-5-7-9-16/h5-9,17H,4,10-15H2,1-3H3,(H,20,21). The fourth-order valence-corrected chi connectivity index (χ4v) is 2.93. The molecule has 1 saturated heterocycles. The molecule has 0 saturated carbocycles. The molecule has 0 spiro atoms. The largest absolute Gasteiger partial charge is 0.356 e. The highest BCUT2D eigenvalue weighted by Crippen LogP contribution is 2.20. The smallest absolute Gasteiger partial charge is 0.243 e. The number of likely N-dealkylation sites (tertiary alicyclic amines) is 1. The molecule has 0 radical (unpaired) electrons. The molecular formula is C19H30N4O. The zero-order chi connectivity index (χ0) is 17.4. The molecule has 1 aromatic carbocycles. The lowest BCUT2D eigenvalue weighted by Gasteiger charge is -2.22. The number of carbonyl (C=O) groups excluding carboxylic acids is 1. The number of nitrogens with one attached hydrogen (secondary N) is 1. The molecule has 1 aliphatic rings. The Morgan fingerprint density at radius 3 is 2.75 bits per heavy atom. The minimum atomic E-state index is 0.0332. The summed E-state index contributed by atoms with van der Waals surface area (Å²) in [5, 5.41) is 3.40. The second-order valence-electron chi connectivity index (χ2n) is 6.65. The molecule has 132 valence electrons. The Balaban J connectivity index is 1.94. The normalized spacial score (nSPS) is 17.9. The van der Waals surface area contributed by atoms with Gasteiger partial charge in [-0.05, 0) is 30.7 Å². The molecule has 5 heteroatoms. The predicted molar refractivity (Wildman–Crippen MR) is 99.1 cm³/mol. The number of benzene rings is 1. The van der Waals surface area contributed by atoms with E-state index in [1.165, 1.54) is 12.0 Å². The number of carbonyl (C=O) groups is 1. The van der Waals surface area contributed by atoms with Crippen LogP contribution >= 0.6 is 0 Å². The average Bonchev–Trinajstić information content (AvgIpc) is 3.03. The van der Waals surface area contributed by atoms with E-state index in [1.54, 1.807) is 19.0 Å². The predicted octanol–water partition coefficient (Wildman–Crippen LogP) is 1.99. The summed E-state index contributed by atoms with van der Waals surface area (Å²) >= 11 is 0. The van der Waals surface area contributed by atoms with Gasteiger partial charge in [0.1, 0.15) is 6.54 Å². The number of amides is 1. The van der Waals surface area contributed by atoms with Gasteiger partial charge in [0.2, 0.25) is 5.91 Å². The molecular weight excluding hydrogens is 300 g/mol. The highest BCUT2D eigenvalue weighted by molar-refractivity contribution is 5.85. The van der Waals surface area contributed by atoms with Gasteiger partial charge in [0.05, 0.1) is 0 Å². The quantitative estimate of drug-likeness (QED) is 0.641. The maximum Gasteiger partial charge on any atom is 0.243 e. The van der Waals surface area contributed by atoms with Crippen LogP contribution in [0.1, 0.15) is 25.3 Å². The van der Waals surface area contributed by atoms with E-state index in [0.29, 0.717) is 5.92 Å². The van der Waals surface area contributed by atoms with Crippen molar-refractivity contribution in [2.45, 2.75) is 26.2 Å². The van der Waals surface area contributed by atoms with Crippen molar-refractivity contribution in [2.24, 2.45) is 10.9 Å². The third kappa shape index (κ3) is 5.55. The van der Waals surface area contributed by atoms with Gasteiger partial charge in [-0.1, -0.05) is 37.3 Å². The van der Waals surface area contributed by atoms with Gasteiger partial charge < -0.3 is 15.1 Å². The topological polar surface area (TPSA) is 47.9 Å². The summed E-state index contributed by atoms with van der Waals surface area (Å²) in [6, 6.07) is 10.7. The SMILES string of the molecule is CCCNC(=NCC(=O)N(C)C)N1CCC(Cc2ccccc2)C1. The van der Waals surface area contributed by atoms with Gasteiger partial charge in [-0.15, -0.1) is 0 Å². The Bertz CT molecular complexity index is 542. The number of hydrogen-bond donors (Lipinski definition) is 1. The van der Waals surface area contributed by atoms with Crippen LogP contribution in [0.4, 0.5) is 0 Å². The first-order valence-electron chi connectivity index (χ1n) is 8.87. The minimum Gasteiger partial charge on any atom is -0.356 e. The third-order valence-electron chi connectivity index (χ3n) is 4.35. The average molecular weight is 330 g/mol. The molecule has 1 aromatic rings. The van der Waals surface area contributed by atoms with Gasteiger partial charge >= 0.3 is 0 Å². The van der Waals surface area contributed by atoms with Crippen molar-refractivity contribution in [3.63, 3.8) is 0 Å². The highest BCUT2D eigenvalue weighted by atomic mass is 16.2. The molecule has 1 heterocycles.